The number of pyridine rings is 1. The maximum absolute atomic E-state index is 13.2. The van der Waals surface area contributed by atoms with E-state index in [4.69, 9.17) is 0 Å². The highest BCUT2D eigenvalue weighted by atomic mass is 19.1. The van der Waals surface area contributed by atoms with Crippen LogP contribution in [0.3, 0.4) is 0 Å². The Labute approximate surface area is 107 Å². The number of hydrogen-bond donors (Lipinski definition) is 0. The molecule has 0 fully saturated rings. The van der Waals surface area contributed by atoms with Gasteiger partial charge in [0.25, 0.3) is 5.56 Å². The lowest BCUT2D eigenvalue weighted by Gasteiger charge is -2.06. The molecule has 0 unspecified atom stereocenters. The molecule has 19 heavy (non-hydrogen) atoms. The SMILES string of the molecule is Cc1cc(C=O)c2nc3ccc(F)cc3c(=O)n2c1. The number of nitrogens with zero attached hydrogens (tertiary/aromatic N) is 2. The molecule has 0 radical (unpaired) electrons. The van der Waals surface area contributed by atoms with Gasteiger partial charge in [0.15, 0.2) is 11.9 Å². The van der Waals surface area contributed by atoms with Crippen molar-refractivity contribution in [2.24, 2.45) is 0 Å². The molecule has 94 valence electrons. The van der Waals surface area contributed by atoms with Gasteiger partial charge in [-0.15, -0.1) is 0 Å². The Bertz CT molecular complexity index is 884. The summed E-state index contributed by atoms with van der Waals surface area (Å²) >= 11 is 0. The second-order valence-electron chi connectivity index (χ2n) is 4.36. The number of aromatic nitrogens is 2. The van der Waals surface area contributed by atoms with Crippen LogP contribution in [0.5, 0.6) is 0 Å². The third-order valence-corrected chi connectivity index (χ3v) is 2.96. The summed E-state index contributed by atoms with van der Waals surface area (Å²) in [7, 11) is 0. The zero-order valence-electron chi connectivity index (χ0n) is 10.1. The number of benzene rings is 1. The van der Waals surface area contributed by atoms with Gasteiger partial charge in [0.1, 0.15) is 5.82 Å². The molecule has 2 heterocycles. The third-order valence-electron chi connectivity index (χ3n) is 2.96. The molecule has 3 rings (SSSR count). The van der Waals surface area contributed by atoms with Gasteiger partial charge in [-0.3, -0.25) is 14.0 Å². The van der Waals surface area contributed by atoms with Crippen LogP contribution in [0.25, 0.3) is 16.6 Å². The molecule has 0 saturated carbocycles. The molecule has 0 N–H and O–H groups in total. The Morgan fingerprint density at radius 2 is 2.11 bits per heavy atom. The van der Waals surface area contributed by atoms with Crippen molar-refractivity contribution in [2.45, 2.75) is 6.92 Å². The van der Waals surface area contributed by atoms with Crippen LogP contribution in [-0.2, 0) is 0 Å². The Hall–Kier alpha value is -2.56. The molecule has 0 aliphatic heterocycles. The number of carbonyl (C=O) groups excluding carboxylic acids is 1. The maximum atomic E-state index is 13.2. The summed E-state index contributed by atoms with van der Waals surface area (Å²) in [6, 6.07) is 5.48. The molecule has 3 aromatic rings. The average Bonchev–Trinajstić information content (AvgIpc) is 2.40. The molecule has 1 aromatic carbocycles. The van der Waals surface area contributed by atoms with Gasteiger partial charge in [-0.2, -0.15) is 0 Å². The number of rotatable bonds is 1. The molecule has 0 saturated heterocycles. The second-order valence-corrected chi connectivity index (χ2v) is 4.36. The number of fused-ring (bicyclic) bond motifs is 2. The molecule has 0 amide bonds. The minimum atomic E-state index is -0.491. The fourth-order valence-electron chi connectivity index (χ4n) is 2.13. The van der Waals surface area contributed by atoms with E-state index in [1.807, 2.05) is 0 Å². The minimum absolute atomic E-state index is 0.194. The van der Waals surface area contributed by atoms with Gasteiger partial charge in [-0.25, -0.2) is 9.37 Å². The van der Waals surface area contributed by atoms with Crippen LogP contribution in [0, 0.1) is 12.7 Å². The number of aldehydes is 1. The van der Waals surface area contributed by atoms with E-state index < -0.39 is 5.82 Å². The number of hydrogen-bond acceptors (Lipinski definition) is 3. The number of carbonyl (C=O) groups is 1. The number of aryl methyl sites for hydroxylation is 1. The third kappa shape index (κ3) is 1.71. The predicted molar refractivity (Wildman–Crippen MR) is 69.1 cm³/mol. The molecule has 0 atom stereocenters. The lowest BCUT2D eigenvalue weighted by Crippen LogP contribution is -2.17. The molecule has 4 nitrogen and oxygen atoms in total. The van der Waals surface area contributed by atoms with Gasteiger partial charge in [-0.05, 0) is 36.8 Å². The standard InChI is InChI=1S/C14H9FN2O2/c1-8-4-9(7-18)13-16-12-3-2-10(15)5-11(12)14(19)17(13)6-8/h2-7H,1H3. The first kappa shape index (κ1) is 11.5. The summed E-state index contributed by atoms with van der Waals surface area (Å²) in [5, 5.41) is 0.194. The summed E-state index contributed by atoms with van der Waals surface area (Å²) in [6.45, 7) is 1.77. The monoisotopic (exact) mass is 256 g/mol. The van der Waals surface area contributed by atoms with Crippen LogP contribution >= 0.6 is 0 Å². The highest BCUT2D eigenvalue weighted by molar-refractivity contribution is 5.88. The van der Waals surface area contributed by atoms with Gasteiger partial charge >= 0.3 is 0 Å². The summed E-state index contributed by atoms with van der Waals surface area (Å²) in [4.78, 5) is 27.6. The van der Waals surface area contributed by atoms with Crippen LogP contribution in [0.4, 0.5) is 4.39 Å². The first-order chi connectivity index (χ1) is 9.10. The summed E-state index contributed by atoms with van der Waals surface area (Å²) in [5.74, 6) is -0.491. The lowest BCUT2D eigenvalue weighted by atomic mass is 10.2. The molecule has 0 bridgehead atoms. The van der Waals surface area contributed by atoms with E-state index in [9.17, 15) is 14.0 Å². The highest BCUT2D eigenvalue weighted by Crippen LogP contribution is 2.14. The van der Waals surface area contributed by atoms with Crippen molar-refractivity contribution >= 4 is 22.8 Å². The van der Waals surface area contributed by atoms with E-state index in [-0.39, 0.29) is 16.6 Å². The zero-order valence-corrected chi connectivity index (χ0v) is 10.1. The smallest absolute Gasteiger partial charge is 0.265 e. The van der Waals surface area contributed by atoms with Crippen LogP contribution in [0.1, 0.15) is 15.9 Å². The van der Waals surface area contributed by atoms with Crippen molar-refractivity contribution in [1.29, 1.82) is 0 Å². The van der Waals surface area contributed by atoms with Crippen molar-refractivity contribution in [3.05, 3.63) is 57.8 Å². The van der Waals surface area contributed by atoms with Gasteiger partial charge < -0.3 is 0 Å². The maximum Gasteiger partial charge on any atom is 0.265 e. The fourth-order valence-corrected chi connectivity index (χ4v) is 2.13. The first-order valence-corrected chi connectivity index (χ1v) is 5.67. The summed E-state index contributed by atoms with van der Waals surface area (Å²) in [5.41, 5.74) is 1.37. The van der Waals surface area contributed by atoms with E-state index in [0.29, 0.717) is 17.4 Å². The van der Waals surface area contributed by atoms with Gasteiger partial charge in [0.05, 0.1) is 16.5 Å². The van der Waals surface area contributed by atoms with Crippen molar-refractivity contribution in [3.8, 4) is 0 Å². The van der Waals surface area contributed by atoms with Crippen molar-refractivity contribution in [1.82, 2.24) is 9.38 Å². The zero-order chi connectivity index (χ0) is 13.6. The Morgan fingerprint density at radius 3 is 2.84 bits per heavy atom. The van der Waals surface area contributed by atoms with E-state index in [1.54, 1.807) is 19.2 Å². The molecule has 0 spiro atoms. The largest absolute Gasteiger partial charge is 0.298 e. The molecule has 0 aliphatic carbocycles. The topological polar surface area (TPSA) is 51.4 Å². The predicted octanol–water partition coefficient (Wildman–Crippen LogP) is 2.11. The number of halogens is 1. The molecule has 2 aromatic heterocycles. The normalized spacial score (nSPS) is 11.1. The van der Waals surface area contributed by atoms with Gasteiger partial charge in [0.2, 0.25) is 0 Å². The Kier molecular flexibility index (Phi) is 2.41. The Morgan fingerprint density at radius 1 is 1.32 bits per heavy atom. The first-order valence-electron chi connectivity index (χ1n) is 5.67. The molecule has 0 aliphatic rings. The second kappa shape index (κ2) is 3.98. The molecular formula is C14H9FN2O2. The summed E-state index contributed by atoms with van der Waals surface area (Å²) in [6.07, 6.45) is 2.24. The molecule has 5 heteroatoms. The molecular weight excluding hydrogens is 247 g/mol. The Balaban J connectivity index is 2.61. The van der Waals surface area contributed by atoms with E-state index in [1.165, 1.54) is 16.5 Å². The van der Waals surface area contributed by atoms with Crippen LogP contribution in [-0.4, -0.2) is 15.7 Å². The van der Waals surface area contributed by atoms with Crippen molar-refractivity contribution in [3.63, 3.8) is 0 Å². The van der Waals surface area contributed by atoms with Gasteiger partial charge in [0, 0.05) is 6.20 Å². The van der Waals surface area contributed by atoms with E-state index in [2.05, 4.69) is 4.98 Å². The van der Waals surface area contributed by atoms with Crippen molar-refractivity contribution < 1.29 is 9.18 Å². The highest BCUT2D eigenvalue weighted by Gasteiger charge is 2.10. The van der Waals surface area contributed by atoms with Crippen molar-refractivity contribution in [2.75, 3.05) is 0 Å². The fraction of sp³-hybridized carbons (Fsp3) is 0.0714. The average molecular weight is 256 g/mol. The van der Waals surface area contributed by atoms with Crippen LogP contribution < -0.4 is 5.56 Å². The minimum Gasteiger partial charge on any atom is -0.298 e. The van der Waals surface area contributed by atoms with E-state index >= 15 is 0 Å². The summed E-state index contributed by atoms with van der Waals surface area (Å²) < 4.78 is 14.5. The lowest BCUT2D eigenvalue weighted by molar-refractivity contribution is 0.112. The van der Waals surface area contributed by atoms with Crippen LogP contribution in [0.2, 0.25) is 0 Å². The quantitative estimate of drug-likeness (QED) is 0.495. The van der Waals surface area contributed by atoms with E-state index in [0.717, 1.165) is 11.6 Å². The van der Waals surface area contributed by atoms with Gasteiger partial charge in [-0.1, -0.05) is 0 Å². The van der Waals surface area contributed by atoms with Crippen LogP contribution in [0.15, 0.2) is 35.3 Å².